The van der Waals surface area contributed by atoms with Crippen LogP contribution in [0.1, 0.15) is 43.0 Å². The molecule has 0 saturated heterocycles. The molecule has 1 amide bonds. The van der Waals surface area contributed by atoms with E-state index in [-0.39, 0.29) is 12.0 Å². The highest BCUT2D eigenvalue weighted by atomic mass is 16.5. The molecular formula is C15H22N2O3. The van der Waals surface area contributed by atoms with E-state index in [1.54, 1.807) is 12.1 Å². The topological polar surface area (TPSA) is 71.5 Å². The van der Waals surface area contributed by atoms with E-state index in [1.807, 2.05) is 6.92 Å². The molecule has 1 aromatic rings. The van der Waals surface area contributed by atoms with Crippen molar-refractivity contribution in [3.05, 3.63) is 23.9 Å². The summed E-state index contributed by atoms with van der Waals surface area (Å²) in [5.41, 5.74) is 0.509. The second-order valence-corrected chi connectivity index (χ2v) is 5.25. The highest BCUT2D eigenvalue weighted by Gasteiger charge is 2.22. The fourth-order valence-electron chi connectivity index (χ4n) is 1.75. The minimum absolute atomic E-state index is 0.172. The van der Waals surface area contributed by atoms with Crippen molar-refractivity contribution in [3.8, 4) is 5.88 Å². The Labute approximate surface area is 119 Å². The molecular weight excluding hydrogens is 256 g/mol. The Hall–Kier alpha value is -1.62. The number of aromatic nitrogens is 1. The number of hydrogen-bond donors (Lipinski definition) is 2. The summed E-state index contributed by atoms with van der Waals surface area (Å²) in [5.74, 6) is 1.08. The summed E-state index contributed by atoms with van der Waals surface area (Å²) < 4.78 is 5.52. The van der Waals surface area contributed by atoms with Crippen LogP contribution in [0.15, 0.2) is 18.3 Å². The van der Waals surface area contributed by atoms with Gasteiger partial charge in [0, 0.05) is 18.8 Å². The van der Waals surface area contributed by atoms with Crippen LogP contribution in [0.5, 0.6) is 5.88 Å². The second kappa shape index (κ2) is 7.24. The van der Waals surface area contributed by atoms with Crippen LogP contribution >= 0.6 is 0 Å². The zero-order chi connectivity index (χ0) is 14.4. The third-order valence-corrected chi connectivity index (χ3v) is 3.40. The van der Waals surface area contributed by atoms with Crippen molar-refractivity contribution in [2.24, 2.45) is 5.92 Å². The van der Waals surface area contributed by atoms with Crippen LogP contribution < -0.4 is 10.1 Å². The Bertz CT molecular complexity index is 429. The Morgan fingerprint density at radius 1 is 1.55 bits per heavy atom. The number of nitrogens with zero attached hydrogens (tertiary/aromatic N) is 1. The van der Waals surface area contributed by atoms with E-state index in [0.717, 1.165) is 0 Å². The molecule has 5 nitrogen and oxygen atoms in total. The predicted molar refractivity (Wildman–Crippen MR) is 75.7 cm³/mol. The van der Waals surface area contributed by atoms with Crippen LogP contribution in [-0.4, -0.2) is 35.3 Å². The lowest BCUT2D eigenvalue weighted by molar-refractivity contribution is 0.0941. The van der Waals surface area contributed by atoms with E-state index in [1.165, 1.54) is 19.0 Å². The van der Waals surface area contributed by atoms with Crippen molar-refractivity contribution in [1.29, 1.82) is 0 Å². The van der Waals surface area contributed by atoms with Gasteiger partial charge in [0.05, 0.1) is 18.3 Å². The maximum Gasteiger partial charge on any atom is 0.252 e. The SMILES string of the molecule is CCC(O)CCNC(=O)c1ccc(OCC2CC2)nc1. The molecule has 1 aliphatic carbocycles. The molecule has 0 radical (unpaired) electrons. The average molecular weight is 278 g/mol. The quantitative estimate of drug-likeness (QED) is 0.760. The third-order valence-electron chi connectivity index (χ3n) is 3.40. The molecule has 1 atom stereocenters. The number of carbonyl (C=O) groups excluding carboxylic acids is 1. The van der Waals surface area contributed by atoms with Gasteiger partial charge in [-0.3, -0.25) is 4.79 Å². The van der Waals surface area contributed by atoms with Crippen LogP contribution in [0.4, 0.5) is 0 Å². The number of aliphatic hydroxyl groups excluding tert-OH is 1. The molecule has 1 fully saturated rings. The molecule has 1 aromatic heterocycles. The molecule has 5 heteroatoms. The first-order valence-electron chi connectivity index (χ1n) is 7.24. The summed E-state index contributed by atoms with van der Waals surface area (Å²) in [7, 11) is 0. The van der Waals surface area contributed by atoms with Crippen LogP contribution in [0.2, 0.25) is 0 Å². The van der Waals surface area contributed by atoms with E-state index < -0.39 is 0 Å². The van der Waals surface area contributed by atoms with Gasteiger partial charge in [-0.1, -0.05) is 6.92 Å². The first-order valence-corrected chi connectivity index (χ1v) is 7.24. The van der Waals surface area contributed by atoms with Crippen molar-refractivity contribution in [1.82, 2.24) is 10.3 Å². The molecule has 0 spiro atoms. The monoisotopic (exact) mass is 278 g/mol. The zero-order valence-electron chi connectivity index (χ0n) is 11.8. The number of hydrogen-bond acceptors (Lipinski definition) is 4. The van der Waals surface area contributed by atoms with Crippen molar-refractivity contribution in [2.45, 2.75) is 38.7 Å². The Morgan fingerprint density at radius 3 is 2.95 bits per heavy atom. The van der Waals surface area contributed by atoms with E-state index >= 15 is 0 Å². The maximum atomic E-state index is 11.8. The number of ether oxygens (including phenoxy) is 1. The normalized spacial score (nSPS) is 15.7. The van der Waals surface area contributed by atoms with Gasteiger partial charge in [-0.2, -0.15) is 0 Å². The number of rotatable bonds is 8. The number of amides is 1. The Kier molecular flexibility index (Phi) is 5.35. The Morgan fingerprint density at radius 2 is 2.35 bits per heavy atom. The molecule has 2 rings (SSSR count). The Balaban J connectivity index is 1.74. The highest BCUT2D eigenvalue weighted by molar-refractivity contribution is 5.93. The van der Waals surface area contributed by atoms with E-state index in [0.29, 0.717) is 43.4 Å². The van der Waals surface area contributed by atoms with Crippen molar-refractivity contribution in [2.75, 3.05) is 13.2 Å². The molecule has 0 aromatic carbocycles. The van der Waals surface area contributed by atoms with E-state index in [9.17, 15) is 9.90 Å². The summed E-state index contributed by atoms with van der Waals surface area (Å²) in [5, 5.41) is 12.2. The average Bonchev–Trinajstić information content (AvgIpc) is 3.29. The number of carbonyl (C=O) groups is 1. The minimum atomic E-state index is -0.355. The number of pyridine rings is 1. The maximum absolute atomic E-state index is 11.8. The molecule has 110 valence electrons. The summed E-state index contributed by atoms with van der Waals surface area (Å²) in [6.45, 7) is 3.10. The van der Waals surface area contributed by atoms with Crippen molar-refractivity contribution >= 4 is 5.91 Å². The van der Waals surface area contributed by atoms with E-state index in [4.69, 9.17) is 4.74 Å². The van der Waals surface area contributed by atoms with Gasteiger partial charge in [-0.05, 0) is 37.7 Å². The molecule has 0 bridgehead atoms. The van der Waals surface area contributed by atoms with Crippen molar-refractivity contribution in [3.63, 3.8) is 0 Å². The van der Waals surface area contributed by atoms with Crippen LogP contribution in [-0.2, 0) is 0 Å². The second-order valence-electron chi connectivity index (χ2n) is 5.25. The van der Waals surface area contributed by atoms with Crippen LogP contribution in [0.25, 0.3) is 0 Å². The van der Waals surface area contributed by atoms with E-state index in [2.05, 4.69) is 10.3 Å². The molecule has 1 heterocycles. The minimum Gasteiger partial charge on any atom is -0.477 e. The molecule has 2 N–H and O–H groups in total. The lowest BCUT2D eigenvalue weighted by Gasteiger charge is -2.09. The molecule has 20 heavy (non-hydrogen) atoms. The van der Waals surface area contributed by atoms with Gasteiger partial charge in [-0.15, -0.1) is 0 Å². The standard InChI is InChI=1S/C15H22N2O3/c1-2-13(18)7-8-16-15(19)12-5-6-14(17-9-12)20-10-11-3-4-11/h5-6,9,11,13,18H,2-4,7-8,10H2,1H3,(H,16,19). The van der Waals surface area contributed by atoms with Crippen LogP contribution in [0, 0.1) is 5.92 Å². The van der Waals surface area contributed by atoms with Crippen LogP contribution in [0.3, 0.4) is 0 Å². The smallest absolute Gasteiger partial charge is 0.252 e. The molecule has 0 aliphatic heterocycles. The summed E-state index contributed by atoms with van der Waals surface area (Å²) in [6.07, 6.45) is 4.91. The number of aliphatic hydroxyl groups is 1. The van der Waals surface area contributed by atoms with Gasteiger partial charge in [0.1, 0.15) is 0 Å². The zero-order valence-corrected chi connectivity index (χ0v) is 11.8. The molecule has 1 saturated carbocycles. The third kappa shape index (κ3) is 4.81. The highest BCUT2D eigenvalue weighted by Crippen LogP contribution is 2.29. The fraction of sp³-hybridized carbons (Fsp3) is 0.600. The van der Waals surface area contributed by atoms with Gasteiger partial charge < -0.3 is 15.2 Å². The van der Waals surface area contributed by atoms with Gasteiger partial charge in [0.25, 0.3) is 5.91 Å². The molecule has 1 unspecified atom stereocenters. The lowest BCUT2D eigenvalue weighted by atomic mass is 10.2. The summed E-state index contributed by atoms with van der Waals surface area (Å²) in [6, 6.07) is 3.43. The molecule has 1 aliphatic rings. The van der Waals surface area contributed by atoms with Crippen molar-refractivity contribution < 1.29 is 14.6 Å². The van der Waals surface area contributed by atoms with Gasteiger partial charge >= 0.3 is 0 Å². The lowest BCUT2D eigenvalue weighted by Crippen LogP contribution is -2.27. The summed E-state index contributed by atoms with van der Waals surface area (Å²) >= 11 is 0. The van der Waals surface area contributed by atoms with Gasteiger partial charge in [0.2, 0.25) is 5.88 Å². The summed E-state index contributed by atoms with van der Waals surface area (Å²) in [4.78, 5) is 16.0. The van der Waals surface area contributed by atoms with Gasteiger partial charge in [0.15, 0.2) is 0 Å². The van der Waals surface area contributed by atoms with Gasteiger partial charge in [-0.25, -0.2) is 4.98 Å². The fourth-order valence-corrected chi connectivity index (χ4v) is 1.75. The number of nitrogens with one attached hydrogen (secondary N) is 1. The first kappa shape index (κ1) is 14.8. The predicted octanol–water partition coefficient (Wildman–Crippen LogP) is 1.76. The first-order chi connectivity index (χ1) is 9.69. The largest absolute Gasteiger partial charge is 0.477 e.